The van der Waals surface area contributed by atoms with Gasteiger partial charge in [-0.25, -0.2) is 4.39 Å². The van der Waals surface area contributed by atoms with E-state index < -0.39 is 0 Å². The average molecular weight is 229 g/mol. The van der Waals surface area contributed by atoms with Crippen molar-refractivity contribution in [2.75, 3.05) is 0 Å². The molecule has 3 heteroatoms. The van der Waals surface area contributed by atoms with Crippen LogP contribution in [-0.2, 0) is 6.42 Å². The Kier molecular flexibility index (Phi) is 3.27. The van der Waals surface area contributed by atoms with Crippen LogP contribution >= 0.6 is 11.6 Å². The largest absolute Gasteiger partial charge is 0.393 e. The molecule has 2 rings (SSSR count). The molecule has 15 heavy (non-hydrogen) atoms. The van der Waals surface area contributed by atoms with Crippen LogP contribution < -0.4 is 0 Å². The molecule has 0 aromatic heterocycles. The highest BCUT2D eigenvalue weighted by Crippen LogP contribution is 2.34. The lowest BCUT2D eigenvalue weighted by Crippen LogP contribution is -2.10. The molecule has 1 aromatic rings. The van der Waals surface area contributed by atoms with Crippen LogP contribution in [0.3, 0.4) is 0 Å². The molecule has 1 unspecified atom stereocenters. The molecule has 0 amide bonds. The molecule has 1 aromatic carbocycles. The molecular formula is C12H14ClFO. The van der Waals surface area contributed by atoms with Crippen molar-refractivity contribution >= 4 is 11.6 Å². The number of halogens is 2. The fourth-order valence-electron chi connectivity index (χ4n) is 1.74. The lowest BCUT2D eigenvalue weighted by molar-refractivity contribution is 0.141. The lowest BCUT2D eigenvalue weighted by atomic mass is 10.0. The maximum atomic E-state index is 13.4. The first-order valence-electron chi connectivity index (χ1n) is 5.29. The molecule has 82 valence electrons. The van der Waals surface area contributed by atoms with E-state index >= 15 is 0 Å². The highest BCUT2D eigenvalue weighted by atomic mass is 35.5. The van der Waals surface area contributed by atoms with E-state index in [-0.39, 0.29) is 11.9 Å². The molecule has 1 fully saturated rings. The Morgan fingerprint density at radius 3 is 2.80 bits per heavy atom. The van der Waals surface area contributed by atoms with E-state index in [0.29, 0.717) is 29.3 Å². The number of hydrogen-bond acceptors (Lipinski definition) is 1. The van der Waals surface area contributed by atoms with E-state index in [4.69, 9.17) is 11.6 Å². The van der Waals surface area contributed by atoms with Gasteiger partial charge in [-0.15, -0.1) is 0 Å². The summed E-state index contributed by atoms with van der Waals surface area (Å²) in [4.78, 5) is 0. The van der Waals surface area contributed by atoms with E-state index in [1.807, 2.05) is 0 Å². The van der Waals surface area contributed by atoms with Gasteiger partial charge in [-0.2, -0.15) is 0 Å². The van der Waals surface area contributed by atoms with E-state index in [2.05, 4.69) is 0 Å². The second-order valence-electron chi connectivity index (χ2n) is 4.18. The van der Waals surface area contributed by atoms with E-state index in [1.54, 1.807) is 12.1 Å². The standard InChI is InChI=1S/C12H14ClFO/c13-10-5-3-8(11(14)7-10)4-6-12(15)9-1-2-9/h3,5,7,9,12,15H,1-2,4,6H2. The molecule has 1 saturated carbocycles. The zero-order valence-corrected chi connectivity index (χ0v) is 9.17. The van der Waals surface area contributed by atoms with Crippen molar-refractivity contribution in [3.63, 3.8) is 0 Å². The van der Waals surface area contributed by atoms with Crippen LogP contribution in [0, 0.1) is 11.7 Å². The SMILES string of the molecule is OC(CCc1ccc(Cl)cc1F)C1CC1. The van der Waals surface area contributed by atoms with E-state index in [9.17, 15) is 9.50 Å². The summed E-state index contributed by atoms with van der Waals surface area (Å²) in [5, 5.41) is 10.1. The third kappa shape index (κ3) is 2.93. The van der Waals surface area contributed by atoms with E-state index in [0.717, 1.165) is 12.8 Å². The molecule has 0 aliphatic heterocycles. The number of rotatable bonds is 4. The monoisotopic (exact) mass is 228 g/mol. The third-order valence-electron chi connectivity index (χ3n) is 2.89. The van der Waals surface area contributed by atoms with Crippen molar-refractivity contribution in [3.05, 3.63) is 34.6 Å². The summed E-state index contributed by atoms with van der Waals surface area (Å²) in [5.41, 5.74) is 0.638. The van der Waals surface area contributed by atoms with Gasteiger partial charge in [-0.1, -0.05) is 17.7 Å². The van der Waals surface area contributed by atoms with Crippen LogP contribution in [0.5, 0.6) is 0 Å². The summed E-state index contributed by atoms with van der Waals surface area (Å²) in [6.07, 6.45) is 3.19. The Bertz CT molecular complexity index is 349. The van der Waals surface area contributed by atoms with Gasteiger partial charge in [0.2, 0.25) is 0 Å². The molecule has 1 nitrogen and oxygen atoms in total. The molecule has 1 aliphatic rings. The summed E-state index contributed by atoms with van der Waals surface area (Å²) in [7, 11) is 0. The number of benzene rings is 1. The van der Waals surface area contributed by atoms with Crippen molar-refractivity contribution in [1.29, 1.82) is 0 Å². The quantitative estimate of drug-likeness (QED) is 0.839. The molecule has 1 aliphatic carbocycles. The van der Waals surface area contributed by atoms with E-state index in [1.165, 1.54) is 6.07 Å². The summed E-state index contributed by atoms with van der Waals surface area (Å²) in [6, 6.07) is 4.70. The van der Waals surface area contributed by atoms with Crippen LogP contribution in [0.2, 0.25) is 5.02 Å². The molecule has 0 heterocycles. The molecule has 0 bridgehead atoms. The van der Waals surface area contributed by atoms with Crippen molar-refractivity contribution in [2.24, 2.45) is 5.92 Å². The summed E-state index contributed by atoms with van der Waals surface area (Å²) < 4.78 is 13.4. The normalized spacial score (nSPS) is 17.8. The van der Waals surface area contributed by atoms with Gasteiger partial charge in [0.25, 0.3) is 0 Å². The second kappa shape index (κ2) is 4.50. The fraction of sp³-hybridized carbons (Fsp3) is 0.500. The number of hydrogen-bond donors (Lipinski definition) is 1. The number of aryl methyl sites for hydroxylation is 1. The Hall–Kier alpha value is -0.600. The zero-order chi connectivity index (χ0) is 10.8. The van der Waals surface area contributed by atoms with Crippen LogP contribution in [0.4, 0.5) is 4.39 Å². The van der Waals surface area contributed by atoms with Gasteiger partial charge in [-0.05, 0) is 49.3 Å². The van der Waals surface area contributed by atoms with Gasteiger partial charge in [0.15, 0.2) is 0 Å². The minimum Gasteiger partial charge on any atom is -0.393 e. The summed E-state index contributed by atoms with van der Waals surface area (Å²) in [6.45, 7) is 0. The fourth-order valence-corrected chi connectivity index (χ4v) is 1.90. The average Bonchev–Trinajstić information content (AvgIpc) is 2.99. The highest BCUT2D eigenvalue weighted by Gasteiger charge is 2.29. The zero-order valence-electron chi connectivity index (χ0n) is 8.42. The number of aliphatic hydroxyl groups excluding tert-OH is 1. The minimum absolute atomic E-state index is 0.264. The van der Waals surface area contributed by atoms with Gasteiger partial charge in [0.05, 0.1) is 6.10 Å². The molecule has 0 radical (unpaired) electrons. The molecule has 0 saturated heterocycles. The second-order valence-corrected chi connectivity index (χ2v) is 4.62. The van der Waals surface area contributed by atoms with Crippen LogP contribution in [0.1, 0.15) is 24.8 Å². The molecule has 1 atom stereocenters. The lowest BCUT2D eigenvalue weighted by Gasteiger charge is -2.09. The van der Waals surface area contributed by atoms with Crippen molar-refractivity contribution in [2.45, 2.75) is 31.8 Å². The van der Waals surface area contributed by atoms with Crippen molar-refractivity contribution < 1.29 is 9.50 Å². The van der Waals surface area contributed by atoms with Crippen molar-refractivity contribution in [3.8, 4) is 0 Å². The van der Waals surface area contributed by atoms with Crippen LogP contribution in [-0.4, -0.2) is 11.2 Å². The highest BCUT2D eigenvalue weighted by molar-refractivity contribution is 6.30. The van der Waals surface area contributed by atoms with Gasteiger partial charge in [0.1, 0.15) is 5.82 Å². The number of aliphatic hydroxyl groups is 1. The third-order valence-corrected chi connectivity index (χ3v) is 3.13. The molecule has 0 spiro atoms. The summed E-state index contributed by atoms with van der Waals surface area (Å²) in [5.74, 6) is 0.186. The van der Waals surface area contributed by atoms with Gasteiger partial charge < -0.3 is 5.11 Å². The van der Waals surface area contributed by atoms with Gasteiger partial charge in [-0.3, -0.25) is 0 Å². The Morgan fingerprint density at radius 1 is 1.47 bits per heavy atom. The Morgan fingerprint density at radius 2 is 2.20 bits per heavy atom. The minimum atomic E-state index is -0.273. The summed E-state index contributed by atoms with van der Waals surface area (Å²) >= 11 is 5.65. The van der Waals surface area contributed by atoms with Crippen LogP contribution in [0.25, 0.3) is 0 Å². The maximum Gasteiger partial charge on any atom is 0.127 e. The predicted octanol–water partition coefficient (Wildman–Crippen LogP) is 3.18. The smallest absolute Gasteiger partial charge is 0.127 e. The molecular weight excluding hydrogens is 215 g/mol. The maximum absolute atomic E-state index is 13.4. The first kappa shape index (κ1) is 10.9. The predicted molar refractivity (Wildman–Crippen MR) is 58.5 cm³/mol. The Labute approximate surface area is 93.9 Å². The Balaban J connectivity index is 1.92. The van der Waals surface area contributed by atoms with Gasteiger partial charge >= 0.3 is 0 Å². The topological polar surface area (TPSA) is 20.2 Å². The molecule has 1 N–H and O–H groups in total. The first-order valence-corrected chi connectivity index (χ1v) is 5.66. The van der Waals surface area contributed by atoms with Crippen LogP contribution in [0.15, 0.2) is 18.2 Å². The first-order chi connectivity index (χ1) is 7.16. The van der Waals surface area contributed by atoms with Gasteiger partial charge in [0, 0.05) is 5.02 Å². The van der Waals surface area contributed by atoms with Crippen molar-refractivity contribution in [1.82, 2.24) is 0 Å².